The Labute approximate surface area is 74.8 Å². The Morgan fingerprint density at radius 1 is 1.54 bits per heavy atom. The highest BCUT2D eigenvalue weighted by Gasteiger charge is 2.00. The van der Waals surface area contributed by atoms with Crippen molar-refractivity contribution < 1.29 is 9.59 Å². The van der Waals surface area contributed by atoms with E-state index in [1.165, 1.54) is 6.07 Å². The van der Waals surface area contributed by atoms with Crippen LogP contribution in [0.25, 0.3) is 0 Å². The third-order valence-corrected chi connectivity index (χ3v) is 1.26. The molecule has 0 aliphatic carbocycles. The monoisotopic (exact) mass is 174 g/mol. The summed E-state index contributed by atoms with van der Waals surface area (Å²) in [5.74, 6) is 4.02. The minimum absolute atomic E-state index is 0.137. The lowest BCUT2D eigenvalue weighted by atomic mass is 10.3. The lowest BCUT2D eigenvalue weighted by Gasteiger charge is -1.93. The fourth-order valence-electron chi connectivity index (χ4n) is 0.745. The van der Waals surface area contributed by atoms with Gasteiger partial charge in [0.25, 0.3) is 5.91 Å². The zero-order valence-electron chi connectivity index (χ0n) is 6.65. The summed E-state index contributed by atoms with van der Waals surface area (Å²) in [5.41, 5.74) is 5.48. The second kappa shape index (κ2) is 4.02. The van der Waals surface area contributed by atoms with Crippen molar-refractivity contribution in [2.45, 2.75) is 0 Å². The van der Waals surface area contributed by atoms with E-state index in [1.807, 2.05) is 0 Å². The molecule has 1 heterocycles. The molecule has 0 fully saturated rings. The van der Waals surface area contributed by atoms with Gasteiger partial charge in [0.05, 0.1) is 0 Å². The fraction of sp³-hybridized carbons (Fsp3) is 0. The first-order valence-electron chi connectivity index (χ1n) is 3.46. The van der Waals surface area contributed by atoms with Crippen molar-refractivity contribution in [1.29, 1.82) is 0 Å². The highest BCUT2D eigenvalue weighted by atomic mass is 16.1. The van der Waals surface area contributed by atoms with Crippen molar-refractivity contribution in [3.8, 4) is 11.8 Å². The number of rotatable bonds is 1. The molecular formula is C9H6N2O2. The van der Waals surface area contributed by atoms with E-state index in [2.05, 4.69) is 16.8 Å². The van der Waals surface area contributed by atoms with E-state index in [0.29, 0.717) is 12.0 Å². The van der Waals surface area contributed by atoms with Crippen LogP contribution in [0.1, 0.15) is 16.2 Å². The molecule has 0 saturated carbocycles. The Bertz CT molecular complexity index is 402. The van der Waals surface area contributed by atoms with Crippen molar-refractivity contribution in [3.63, 3.8) is 0 Å². The van der Waals surface area contributed by atoms with Gasteiger partial charge < -0.3 is 5.73 Å². The number of aromatic nitrogens is 1. The van der Waals surface area contributed by atoms with Crippen LogP contribution in [0.2, 0.25) is 0 Å². The third kappa shape index (κ3) is 2.42. The van der Waals surface area contributed by atoms with Crippen molar-refractivity contribution >= 4 is 12.2 Å². The molecule has 2 N–H and O–H groups in total. The molecule has 0 spiro atoms. The normalized spacial score (nSPS) is 8.31. The van der Waals surface area contributed by atoms with Gasteiger partial charge in [-0.25, -0.2) is 4.98 Å². The van der Waals surface area contributed by atoms with E-state index in [4.69, 9.17) is 5.73 Å². The number of hydrogen-bond donors (Lipinski definition) is 1. The molecule has 0 atom stereocenters. The van der Waals surface area contributed by atoms with Gasteiger partial charge in [-0.3, -0.25) is 9.59 Å². The van der Waals surface area contributed by atoms with Gasteiger partial charge >= 0.3 is 0 Å². The van der Waals surface area contributed by atoms with Crippen molar-refractivity contribution in [3.05, 3.63) is 29.6 Å². The molecule has 1 aromatic heterocycles. The van der Waals surface area contributed by atoms with Gasteiger partial charge in [-0.15, -0.1) is 0 Å². The number of nitrogens with zero attached hydrogens (tertiary/aromatic N) is 1. The first kappa shape index (κ1) is 8.94. The van der Waals surface area contributed by atoms with Crippen LogP contribution in [0.5, 0.6) is 0 Å². The van der Waals surface area contributed by atoms with Crippen LogP contribution < -0.4 is 5.73 Å². The molecule has 1 rings (SSSR count). The standard InChI is InChI=1S/C9H6N2O2/c10-9(13)8-5-1-3-7(11-8)4-2-6-12/h1,3,5-6H,(H2,10,13). The van der Waals surface area contributed by atoms with Crippen LogP contribution in [-0.4, -0.2) is 17.2 Å². The minimum Gasteiger partial charge on any atom is -0.364 e. The Kier molecular flexibility index (Phi) is 2.77. The first-order chi connectivity index (χ1) is 6.24. The zero-order chi connectivity index (χ0) is 9.68. The second-order valence-electron chi connectivity index (χ2n) is 2.16. The Balaban J connectivity index is 3.05. The molecule has 0 aliphatic rings. The molecule has 0 radical (unpaired) electrons. The smallest absolute Gasteiger partial charge is 0.267 e. The lowest BCUT2D eigenvalue weighted by Crippen LogP contribution is -2.13. The molecule has 0 saturated heterocycles. The van der Waals surface area contributed by atoms with Crippen LogP contribution >= 0.6 is 0 Å². The maximum absolute atomic E-state index is 10.7. The van der Waals surface area contributed by atoms with Crippen LogP contribution in [0.15, 0.2) is 18.2 Å². The molecule has 0 unspecified atom stereocenters. The highest BCUT2D eigenvalue weighted by Crippen LogP contribution is 1.96. The number of nitrogens with two attached hydrogens (primary N) is 1. The molecule has 64 valence electrons. The minimum atomic E-state index is -0.616. The summed E-state index contributed by atoms with van der Waals surface area (Å²) >= 11 is 0. The van der Waals surface area contributed by atoms with E-state index in [-0.39, 0.29) is 5.69 Å². The molecule has 0 bridgehead atoms. The molecule has 0 aliphatic heterocycles. The summed E-state index contributed by atoms with van der Waals surface area (Å²) < 4.78 is 0. The maximum atomic E-state index is 10.7. The molecule has 1 aromatic rings. The zero-order valence-corrected chi connectivity index (χ0v) is 6.65. The molecule has 4 nitrogen and oxygen atoms in total. The van der Waals surface area contributed by atoms with Crippen LogP contribution in [-0.2, 0) is 4.79 Å². The number of carbonyl (C=O) groups excluding carboxylic acids is 2. The van der Waals surface area contributed by atoms with E-state index in [1.54, 1.807) is 12.1 Å². The van der Waals surface area contributed by atoms with Crippen molar-refractivity contribution in [1.82, 2.24) is 4.98 Å². The second-order valence-corrected chi connectivity index (χ2v) is 2.16. The van der Waals surface area contributed by atoms with Gasteiger partial charge in [-0.2, -0.15) is 0 Å². The summed E-state index contributed by atoms with van der Waals surface area (Å²) in [4.78, 5) is 24.4. The summed E-state index contributed by atoms with van der Waals surface area (Å²) in [7, 11) is 0. The molecular weight excluding hydrogens is 168 g/mol. The molecule has 13 heavy (non-hydrogen) atoms. The van der Waals surface area contributed by atoms with Gasteiger partial charge in [0.2, 0.25) is 0 Å². The van der Waals surface area contributed by atoms with Gasteiger partial charge in [-0.05, 0) is 24.0 Å². The van der Waals surface area contributed by atoms with Gasteiger partial charge in [0.1, 0.15) is 11.4 Å². The predicted octanol–water partition coefficient (Wildman–Crippen LogP) is -0.269. The van der Waals surface area contributed by atoms with Gasteiger partial charge in [-0.1, -0.05) is 6.07 Å². The number of primary amides is 1. The SMILES string of the molecule is NC(=O)c1cccc(C#CC=O)n1. The summed E-state index contributed by atoms with van der Waals surface area (Å²) in [5, 5.41) is 0. The Morgan fingerprint density at radius 3 is 2.92 bits per heavy atom. The fourth-order valence-corrected chi connectivity index (χ4v) is 0.745. The average molecular weight is 174 g/mol. The summed E-state index contributed by atoms with van der Waals surface area (Å²) in [6.07, 6.45) is 0.457. The summed E-state index contributed by atoms with van der Waals surface area (Å²) in [6.45, 7) is 0. The van der Waals surface area contributed by atoms with Crippen LogP contribution in [0.4, 0.5) is 0 Å². The maximum Gasteiger partial charge on any atom is 0.267 e. The van der Waals surface area contributed by atoms with Gasteiger partial charge in [0.15, 0.2) is 6.29 Å². The summed E-state index contributed by atoms with van der Waals surface area (Å²) in [6, 6.07) is 4.67. The largest absolute Gasteiger partial charge is 0.364 e. The molecule has 1 amide bonds. The Morgan fingerprint density at radius 2 is 2.31 bits per heavy atom. The number of aldehydes is 1. The average Bonchev–Trinajstić information content (AvgIpc) is 2.15. The van der Waals surface area contributed by atoms with E-state index >= 15 is 0 Å². The quantitative estimate of drug-likeness (QED) is 0.470. The lowest BCUT2D eigenvalue weighted by molar-refractivity contribution is -0.103. The van der Waals surface area contributed by atoms with Gasteiger partial charge in [0, 0.05) is 0 Å². The Hall–Kier alpha value is -2.15. The van der Waals surface area contributed by atoms with E-state index < -0.39 is 5.91 Å². The van der Waals surface area contributed by atoms with Crippen LogP contribution in [0, 0.1) is 11.8 Å². The van der Waals surface area contributed by atoms with Crippen molar-refractivity contribution in [2.24, 2.45) is 5.73 Å². The van der Waals surface area contributed by atoms with E-state index in [0.717, 1.165) is 0 Å². The number of carbonyl (C=O) groups is 2. The number of hydrogen-bond acceptors (Lipinski definition) is 3. The topological polar surface area (TPSA) is 73.1 Å². The van der Waals surface area contributed by atoms with E-state index in [9.17, 15) is 9.59 Å². The number of pyridine rings is 1. The number of amides is 1. The van der Waals surface area contributed by atoms with Crippen LogP contribution in [0.3, 0.4) is 0 Å². The molecule has 0 aromatic carbocycles. The third-order valence-electron chi connectivity index (χ3n) is 1.26. The first-order valence-corrected chi connectivity index (χ1v) is 3.46. The highest BCUT2D eigenvalue weighted by molar-refractivity contribution is 5.90. The molecule has 4 heteroatoms. The predicted molar refractivity (Wildman–Crippen MR) is 45.7 cm³/mol. The van der Waals surface area contributed by atoms with Crippen molar-refractivity contribution in [2.75, 3.05) is 0 Å².